The van der Waals surface area contributed by atoms with Crippen molar-refractivity contribution in [3.05, 3.63) is 97.0 Å². The number of aromatic nitrogens is 6. The number of pyridine rings is 4. The molecule has 0 fully saturated rings. The molecule has 6 aromatic rings. The molecule has 6 nitrogen and oxygen atoms in total. The Morgan fingerprint density at radius 1 is 0.500 bits per heavy atom. The predicted molar refractivity (Wildman–Crippen MR) is 136 cm³/mol. The summed E-state index contributed by atoms with van der Waals surface area (Å²) in [5.41, 5.74) is 6.28. The summed E-state index contributed by atoms with van der Waals surface area (Å²) in [6.45, 7) is 0. The number of nitrogens with zero attached hydrogens (tertiary/aromatic N) is 6. The maximum atomic E-state index is 4.80. The number of hydrogen-bond donors (Lipinski definition) is 0. The number of thiazole rings is 2. The van der Waals surface area contributed by atoms with Crippen molar-refractivity contribution in [2.75, 3.05) is 0 Å². The van der Waals surface area contributed by atoms with Gasteiger partial charge in [0.15, 0.2) is 10.0 Å². The zero-order valence-corrected chi connectivity index (χ0v) is 19.4. The molecule has 0 aliphatic heterocycles. The molecule has 8 heteroatoms. The minimum absolute atomic E-state index is 0.840. The first-order valence-corrected chi connectivity index (χ1v) is 12.2. The third kappa shape index (κ3) is 4.12. The molecular weight excluding hydrogens is 460 g/mol. The Balaban J connectivity index is 1.21. The van der Waals surface area contributed by atoms with Crippen LogP contribution >= 0.6 is 22.7 Å². The first-order chi connectivity index (χ1) is 16.8. The monoisotopic (exact) mass is 476 g/mol. The number of hydrogen-bond acceptors (Lipinski definition) is 8. The summed E-state index contributed by atoms with van der Waals surface area (Å²) in [7, 11) is 0. The molecule has 0 spiro atoms. The van der Waals surface area contributed by atoms with Gasteiger partial charge in [0.05, 0.1) is 33.3 Å². The molecule has 0 aliphatic rings. The average Bonchev–Trinajstić information content (AvgIpc) is 3.61. The highest BCUT2D eigenvalue weighted by Crippen LogP contribution is 2.35. The van der Waals surface area contributed by atoms with Gasteiger partial charge in [-0.25, -0.2) is 9.97 Å². The van der Waals surface area contributed by atoms with Crippen molar-refractivity contribution in [1.29, 1.82) is 0 Å². The summed E-state index contributed by atoms with van der Waals surface area (Å²) in [6, 6.07) is 19.6. The summed E-state index contributed by atoms with van der Waals surface area (Å²) in [6.07, 6.45) is 9.12. The lowest BCUT2D eigenvalue weighted by atomic mass is 10.2. The summed E-state index contributed by atoms with van der Waals surface area (Å²) in [5, 5.41) is 3.81. The Bertz CT molecular complexity index is 1410. The van der Waals surface area contributed by atoms with Gasteiger partial charge < -0.3 is 0 Å². The molecule has 0 saturated heterocycles. The van der Waals surface area contributed by atoms with Gasteiger partial charge in [-0.15, -0.1) is 22.7 Å². The van der Waals surface area contributed by atoms with Crippen LogP contribution in [0.4, 0.5) is 0 Å². The fraction of sp³-hybridized carbons (Fsp3) is 0. The van der Waals surface area contributed by atoms with Crippen LogP contribution in [0.25, 0.3) is 54.5 Å². The summed E-state index contributed by atoms with van der Waals surface area (Å²) in [4.78, 5) is 28.3. The van der Waals surface area contributed by atoms with Gasteiger partial charge in [-0.05, 0) is 48.5 Å². The normalized spacial score (nSPS) is 10.9. The molecule has 0 amide bonds. The van der Waals surface area contributed by atoms with E-state index in [1.807, 2.05) is 78.6 Å². The van der Waals surface area contributed by atoms with Crippen LogP contribution in [0.1, 0.15) is 0 Å². The zero-order valence-electron chi connectivity index (χ0n) is 17.7. The molecule has 0 aliphatic carbocycles. The van der Waals surface area contributed by atoms with Crippen molar-refractivity contribution in [3.63, 3.8) is 0 Å². The van der Waals surface area contributed by atoms with Gasteiger partial charge >= 0.3 is 0 Å². The second kappa shape index (κ2) is 9.01. The molecule has 6 heterocycles. The first-order valence-electron chi connectivity index (χ1n) is 10.5. The SMILES string of the molecule is c1ccc(-c2ccc(-c3csc(-c4ncc(-c5ccc(-c6ccccn6)nc5)s4)n3)cn2)nc1. The standard InChI is InChI=1S/C26H16N6S2/c1-3-11-27-19(5-1)21-9-7-17(13-29-21)23-16-33-26(32-23)25-31-15-24(34-25)18-8-10-22(30-14-18)20-6-2-4-12-28-20/h1-16H. The largest absolute Gasteiger partial charge is 0.255 e. The highest BCUT2D eigenvalue weighted by atomic mass is 32.1. The molecule has 6 rings (SSSR count). The molecule has 0 bridgehead atoms. The Hall–Kier alpha value is -4.14. The van der Waals surface area contributed by atoms with Gasteiger partial charge in [0, 0.05) is 47.5 Å². The molecular formula is C26H16N6S2. The van der Waals surface area contributed by atoms with Crippen molar-refractivity contribution in [2.24, 2.45) is 0 Å². The Labute approximate surface area is 203 Å². The van der Waals surface area contributed by atoms with Crippen LogP contribution in [0.2, 0.25) is 0 Å². The molecule has 34 heavy (non-hydrogen) atoms. The quantitative estimate of drug-likeness (QED) is 0.282. The van der Waals surface area contributed by atoms with Gasteiger partial charge in [-0.1, -0.05) is 12.1 Å². The predicted octanol–water partition coefficient (Wildman–Crippen LogP) is 6.51. The molecule has 0 unspecified atom stereocenters. The van der Waals surface area contributed by atoms with Crippen LogP contribution in [0.3, 0.4) is 0 Å². The average molecular weight is 477 g/mol. The van der Waals surface area contributed by atoms with E-state index < -0.39 is 0 Å². The highest BCUT2D eigenvalue weighted by molar-refractivity contribution is 7.22. The van der Waals surface area contributed by atoms with E-state index in [1.54, 1.807) is 35.1 Å². The van der Waals surface area contributed by atoms with E-state index in [0.717, 1.165) is 54.5 Å². The van der Waals surface area contributed by atoms with Gasteiger partial charge in [0.1, 0.15) is 0 Å². The second-order valence-corrected chi connectivity index (χ2v) is 9.25. The van der Waals surface area contributed by atoms with Crippen LogP contribution in [-0.2, 0) is 0 Å². The van der Waals surface area contributed by atoms with Crippen LogP contribution in [-0.4, -0.2) is 29.9 Å². The first kappa shape index (κ1) is 20.5. The van der Waals surface area contributed by atoms with E-state index in [4.69, 9.17) is 4.98 Å². The Morgan fingerprint density at radius 3 is 1.74 bits per heavy atom. The molecule has 162 valence electrons. The van der Waals surface area contributed by atoms with Crippen LogP contribution in [0.15, 0.2) is 97.0 Å². The van der Waals surface area contributed by atoms with E-state index in [-0.39, 0.29) is 0 Å². The van der Waals surface area contributed by atoms with E-state index in [9.17, 15) is 0 Å². The lowest BCUT2D eigenvalue weighted by Crippen LogP contribution is -1.87. The molecule has 0 atom stereocenters. The van der Waals surface area contributed by atoms with Crippen LogP contribution in [0, 0.1) is 0 Å². The number of rotatable bonds is 5. The Kier molecular flexibility index (Phi) is 5.42. The fourth-order valence-corrected chi connectivity index (χ4v) is 5.20. The molecule has 0 aromatic carbocycles. The van der Waals surface area contributed by atoms with Crippen molar-refractivity contribution >= 4 is 22.7 Å². The minimum Gasteiger partial charge on any atom is -0.255 e. The van der Waals surface area contributed by atoms with Crippen LogP contribution in [0.5, 0.6) is 0 Å². The van der Waals surface area contributed by atoms with E-state index in [1.165, 1.54) is 0 Å². The second-order valence-electron chi connectivity index (χ2n) is 7.36. The lowest BCUT2D eigenvalue weighted by molar-refractivity contribution is 1.24. The molecule has 0 saturated carbocycles. The smallest absolute Gasteiger partial charge is 0.152 e. The zero-order chi connectivity index (χ0) is 22.7. The van der Waals surface area contributed by atoms with E-state index in [2.05, 4.69) is 31.0 Å². The molecule has 0 N–H and O–H groups in total. The topological polar surface area (TPSA) is 77.3 Å². The van der Waals surface area contributed by atoms with Gasteiger partial charge in [-0.2, -0.15) is 0 Å². The van der Waals surface area contributed by atoms with Crippen molar-refractivity contribution in [1.82, 2.24) is 29.9 Å². The summed E-state index contributed by atoms with van der Waals surface area (Å²) >= 11 is 3.19. The third-order valence-electron chi connectivity index (χ3n) is 5.15. The van der Waals surface area contributed by atoms with Gasteiger partial charge in [0.2, 0.25) is 0 Å². The van der Waals surface area contributed by atoms with Crippen molar-refractivity contribution in [3.8, 4) is 54.5 Å². The Morgan fingerprint density at radius 2 is 1.15 bits per heavy atom. The maximum absolute atomic E-state index is 4.80. The highest BCUT2D eigenvalue weighted by Gasteiger charge is 2.13. The van der Waals surface area contributed by atoms with Gasteiger partial charge in [0.25, 0.3) is 0 Å². The molecule has 6 aromatic heterocycles. The fourth-order valence-electron chi connectivity index (χ4n) is 3.43. The van der Waals surface area contributed by atoms with E-state index >= 15 is 0 Å². The van der Waals surface area contributed by atoms with Crippen molar-refractivity contribution < 1.29 is 0 Å². The van der Waals surface area contributed by atoms with E-state index in [0.29, 0.717) is 0 Å². The minimum atomic E-state index is 0.840. The summed E-state index contributed by atoms with van der Waals surface area (Å²) < 4.78 is 0. The maximum Gasteiger partial charge on any atom is 0.152 e. The van der Waals surface area contributed by atoms with Gasteiger partial charge in [-0.3, -0.25) is 19.9 Å². The third-order valence-corrected chi connectivity index (χ3v) is 7.19. The van der Waals surface area contributed by atoms with Crippen molar-refractivity contribution in [2.45, 2.75) is 0 Å². The molecule has 0 radical (unpaired) electrons. The summed E-state index contributed by atoms with van der Waals surface area (Å²) in [5.74, 6) is 0. The van der Waals surface area contributed by atoms with Crippen LogP contribution < -0.4 is 0 Å². The lowest BCUT2D eigenvalue weighted by Gasteiger charge is -2.01.